The Hall–Kier alpha value is -4.05. The van der Waals surface area contributed by atoms with Crippen LogP contribution in [0.25, 0.3) is 0 Å². The molecule has 3 aliphatic heterocycles. The summed E-state index contributed by atoms with van der Waals surface area (Å²) in [7, 11) is 0. The highest BCUT2D eigenvalue weighted by molar-refractivity contribution is 6.30. The molecule has 3 amide bonds. The first kappa shape index (κ1) is 20.8. The molecule has 0 spiro atoms. The number of anilines is 2. The van der Waals surface area contributed by atoms with Gasteiger partial charge < -0.3 is 5.32 Å². The number of nitrogens with one attached hydrogen (secondary N) is 1. The predicted molar refractivity (Wildman–Crippen MR) is 120 cm³/mol. The molecule has 2 aromatic carbocycles. The molecule has 0 aromatic heterocycles. The number of amides is 3. The maximum Gasteiger partial charge on any atom is 0.269 e. The molecular weight excluding hydrogens is 450 g/mol. The molecule has 1 N–H and O–H groups in total. The first-order valence-corrected chi connectivity index (χ1v) is 10.4. The highest BCUT2D eigenvalue weighted by Gasteiger charge is 2.64. The number of imide groups is 1. The number of allylic oxidation sites excluding steroid dienone is 1. The van der Waals surface area contributed by atoms with Crippen LogP contribution in [0, 0.1) is 22.0 Å². The van der Waals surface area contributed by atoms with E-state index in [4.69, 9.17) is 11.6 Å². The Bertz CT molecular complexity index is 1230. The summed E-state index contributed by atoms with van der Waals surface area (Å²) in [5.74, 6) is -3.29. The predicted octanol–water partition coefficient (Wildman–Crippen LogP) is 2.60. The van der Waals surface area contributed by atoms with E-state index in [1.807, 2.05) is 0 Å². The average Bonchev–Trinajstić information content (AvgIpc) is 3.28. The summed E-state index contributed by atoms with van der Waals surface area (Å²) in [6.45, 7) is 0. The standard InChI is InChI=1S/C22H16ClN5O5/c23-12-3-5-13(6-4-12)25-20(29)19-18-17(16-2-1-11-24-27(16)19)21(30)26(22(18)31)14-7-9-15(10-8-14)28(32)33/h1-11,16-19H,(H,25,29)/t16-,17-,18-,19+/m0/s1. The molecule has 3 aliphatic rings. The van der Waals surface area contributed by atoms with Gasteiger partial charge in [-0.25, -0.2) is 4.90 Å². The lowest BCUT2D eigenvalue weighted by molar-refractivity contribution is -0.384. The highest BCUT2D eigenvalue weighted by Crippen LogP contribution is 2.45. The molecule has 3 heterocycles. The number of carbonyl (C=O) groups excluding carboxylic acids is 3. The fourth-order valence-corrected chi connectivity index (χ4v) is 4.69. The average molecular weight is 466 g/mol. The summed E-state index contributed by atoms with van der Waals surface area (Å²) in [5, 5.41) is 20.0. The van der Waals surface area contributed by atoms with Crippen LogP contribution in [0.1, 0.15) is 0 Å². The number of fused-ring (bicyclic) bond motifs is 3. The number of hydrogen-bond acceptors (Lipinski definition) is 7. The van der Waals surface area contributed by atoms with E-state index < -0.39 is 46.6 Å². The minimum absolute atomic E-state index is 0.158. The lowest BCUT2D eigenvalue weighted by Crippen LogP contribution is -2.47. The Morgan fingerprint density at radius 2 is 1.70 bits per heavy atom. The van der Waals surface area contributed by atoms with Gasteiger partial charge in [-0.1, -0.05) is 17.7 Å². The first-order chi connectivity index (χ1) is 15.9. The van der Waals surface area contributed by atoms with Crippen LogP contribution in [-0.4, -0.2) is 46.0 Å². The van der Waals surface area contributed by atoms with Crippen LogP contribution in [0.4, 0.5) is 17.1 Å². The number of nitro groups is 1. The van der Waals surface area contributed by atoms with Crippen molar-refractivity contribution in [1.82, 2.24) is 5.01 Å². The number of halogens is 1. The van der Waals surface area contributed by atoms with Gasteiger partial charge >= 0.3 is 0 Å². The zero-order chi connectivity index (χ0) is 23.3. The molecule has 2 fully saturated rings. The Balaban J connectivity index is 1.48. The monoisotopic (exact) mass is 465 g/mol. The summed E-state index contributed by atoms with van der Waals surface area (Å²) in [4.78, 5) is 51.4. The lowest BCUT2D eigenvalue weighted by atomic mass is 9.88. The number of nitro benzene ring substituents is 1. The van der Waals surface area contributed by atoms with Crippen LogP contribution < -0.4 is 10.2 Å². The number of nitrogens with zero attached hydrogens (tertiary/aromatic N) is 4. The molecule has 0 bridgehead atoms. The summed E-state index contributed by atoms with van der Waals surface area (Å²) in [6.07, 6.45) is 4.91. The van der Waals surface area contributed by atoms with Crippen LogP contribution in [0.15, 0.2) is 65.8 Å². The summed E-state index contributed by atoms with van der Waals surface area (Å²) in [6, 6.07) is 10.1. The summed E-state index contributed by atoms with van der Waals surface area (Å²) >= 11 is 5.90. The second-order valence-corrected chi connectivity index (χ2v) is 8.23. The van der Waals surface area contributed by atoms with Gasteiger partial charge in [-0.15, -0.1) is 0 Å². The minimum Gasteiger partial charge on any atom is -0.324 e. The zero-order valence-corrected chi connectivity index (χ0v) is 17.6. The van der Waals surface area contributed by atoms with Crippen LogP contribution in [0.5, 0.6) is 0 Å². The van der Waals surface area contributed by atoms with Gasteiger partial charge in [0.25, 0.3) is 5.69 Å². The number of hydrogen-bond donors (Lipinski definition) is 1. The van der Waals surface area contributed by atoms with E-state index in [-0.39, 0.29) is 11.4 Å². The maximum atomic E-state index is 13.4. The number of non-ortho nitro benzene ring substituents is 1. The van der Waals surface area contributed by atoms with Crippen molar-refractivity contribution in [2.24, 2.45) is 16.9 Å². The van der Waals surface area contributed by atoms with Crippen molar-refractivity contribution < 1.29 is 19.3 Å². The topological polar surface area (TPSA) is 125 Å². The van der Waals surface area contributed by atoms with Crippen molar-refractivity contribution >= 4 is 52.6 Å². The molecule has 10 nitrogen and oxygen atoms in total. The first-order valence-electron chi connectivity index (χ1n) is 10.0. The highest BCUT2D eigenvalue weighted by atomic mass is 35.5. The van der Waals surface area contributed by atoms with E-state index in [1.165, 1.54) is 35.5 Å². The fraction of sp³-hybridized carbons (Fsp3) is 0.182. The maximum absolute atomic E-state index is 13.4. The molecule has 0 aliphatic carbocycles. The lowest BCUT2D eigenvalue weighted by Gasteiger charge is -2.30. The van der Waals surface area contributed by atoms with Gasteiger partial charge in [-0.3, -0.25) is 29.5 Å². The minimum atomic E-state index is -1.02. The molecule has 0 unspecified atom stereocenters. The molecule has 0 radical (unpaired) electrons. The number of hydrazone groups is 1. The summed E-state index contributed by atoms with van der Waals surface area (Å²) in [5.41, 5.74) is 0.551. The van der Waals surface area contributed by atoms with Crippen LogP contribution in [0.3, 0.4) is 0 Å². The molecule has 4 atom stereocenters. The number of carbonyl (C=O) groups is 3. The Kier molecular flexibility index (Phi) is 4.94. The van der Waals surface area contributed by atoms with Crippen LogP contribution in [-0.2, 0) is 14.4 Å². The van der Waals surface area contributed by atoms with Crippen molar-refractivity contribution in [3.05, 3.63) is 75.8 Å². The number of rotatable bonds is 4. The van der Waals surface area contributed by atoms with E-state index in [0.29, 0.717) is 10.7 Å². The Morgan fingerprint density at radius 1 is 1.03 bits per heavy atom. The van der Waals surface area contributed by atoms with E-state index in [1.54, 1.807) is 36.4 Å². The Labute approximate surface area is 192 Å². The van der Waals surface area contributed by atoms with Gasteiger partial charge in [-0.05, 0) is 42.5 Å². The zero-order valence-electron chi connectivity index (χ0n) is 16.9. The van der Waals surface area contributed by atoms with E-state index in [2.05, 4.69) is 10.4 Å². The normalized spacial score (nSPS) is 25.2. The largest absolute Gasteiger partial charge is 0.324 e. The van der Waals surface area contributed by atoms with Crippen molar-refractivity contribution in [3.63, 3.8) is 0 Å². The van der Waals surface area contributed by atoms with Gasteiger partial charge in [0.05, 0.1) is 28.5 Å². The third-order valence-electron chi connectivity index (χ3n) is 5.99. The van der Waals surface area contributed by atoms with Crippen LogP contribution in [0.2, 0.25) is 5.02 Å². The van der Waals surface area contributed by atoms with Crippen molar-refractivity contribution in [3.8, 4) is 0 Å². The molecule has 33 heavy (non-hydrogen) atoms. The molecule has 5 rings (SSSR count). The van der Waals surface area contributed by atoms with E-state index >= 15 is 0 Å². The second kappa shape index (κ2) is 7.82. The Morgan fingerprint density at radius 3 is 2.36 bits per heavy atom. The molecule has 0 saturated carbocycles. The molecule has 11 heteroatoms. The van der Waals surface area contributed by atoms with Gasteiger partial charge in [0, 0.05) is 29.1 Å². The van der Waals surface area contributed by atoms with Gasteiger partial charge in [0.2, 0.25) is 17.7 Å². The van der Waals surface area contributed by atoms with Crippen LogP contribution >= 0.6 is 11.6 Å². The molecule has 2 saturated heterocycles. The van der Waals surface area contributed by atoms with E-state index in [0.717, 1.165) is 4.90 Å². The SMILES string of the molecule is O=C(Nc1ccc(Cl)cc1)[C@H]1[C@H]2C(=O)N(c3ccc([N+](=O)[O-])cc3)C(=O)[C@H]2[C@@H]2C=CC=NN21. The summed E-state index contributed by atoms with van der Waals surface area (Å²) < 4.78 is 0. The quantitative estimate of drug-likeness (QED) is 0.420. The van der Waals surface area contributed by atoms with Gasteiger partial charge in [0.1, 0.15) is 6.04 Å². The molecule has 2 aromatic rings. The van der Waals surface area contributed by atoms with Crippen molar-refractivity contribution in [2.75, 3.05) is 10.2 Å². The second-order valence-electron chi connectivity index (χ2n) is 7.80. The molecule has 166 valence electrons. The third-order valence-corrected chi connectivity index (χ3v) is 6.24. The van der Waals surface area contributed by atoms with Crippen molar-refractivity contribution in [2.45, 2.75) is 12.1 Å². The van der Waals surface area contributed by atoms with Crippen molar-refractivity contribution in [1.29, 1.82) is 0 Å². The molecular formula is C22H16ClN5O5. The smallest absolute Gasteiger partial charge is 0.269 e. The fourth-order valence-electron chi connectivity index (χ4n) is 4.56. The van der Waals surface area contributed by atoms with E-state index in [9.17, 15) is 24.5 Å². The number of benzene rings is 2. The van der Waals surface area contributed by atoms with Gasteiger partial charge in [-0.2, -0.15) is 5.10 Å². The third kappa shape index (κ3) is 3.35. The van der Waals surface area contributed by atoms with Gasteiger partial charge in [0.15, 0.2) is 0 Å².